The molecule has 0 radical (unpaired) electrons. The third kappa shape index (κ3) is 3.30. The van der Waals surface area contributed by atoms with E-state index >= 15 is 0 Å². The first-order valence-electron chi connectivity index (χ1n) is 10.1. The topological polar surface area (TPSA) is 102 Å². The van der Waals surface area contributed by atoms with Crippen LogP contribution in [0.25, 0.3) is 33.5 Å². The van der Waals surface area contributed by atoms with E-state index in [0.717, 1.165) is 45.9 Å². The molecule has 0 aliphatic carbocycles. The van der Waals surface area contributed by atoms with Gasteiger partial charge in [-0.25, -0.2) is 9.37 Å². The van der Waals surface area contributed by atoms with Crippen LogP contribution in [0.5, 0.6) is 0 Å². The number of halogens is 1. The first-order chi connectivity index (χ1) is 14.6. The van der Waals surface area contributed by atoms with Crippen molar-refractivity contribution in [1.29, 1.82) is 0 Å². The molecule has 0 unspecified atom stereocenters. The largest absolute Gasteiger partial charge is 0.355 e. The fourth-order valence-electron chi connectivity index (χ4n) is 3.83. The molecule has 30 heavy (non-hydrogen) atoms. The van der Waals surface area contributed by atoms with Crippen molar-refractivity contribution in [3.63, 3.8) is 0 Å². The van der Waals surface area contributed by atoms with Crippen LogP contribution in [0.4, 0.5) is 10.2 Å². The van der Waals surface area contributed by atoms with Gasteiger partial charge < -0.3 is 10.6 Å². The van der Waals surface area contributed by atoms with E-state index in [1.54, 1.807) is 6.20 Å². The molecular formula is C21H23FN8. The Balaban J connectivity index is 1.51. The van der Waals surface area contributed by atoms with Gasteiger partial charge in [0.05, 0.1) is 35.3 Å². The lowest BCUT2D eigenvalue weighted by Crippen LogP contribution is -2.50. The van der Waals surface area contributed by atoms with E-state index < -0.39 is 12.2 Å². The monoisotopic (exact) mass is 406 g/mol. The van der Waals surface area contributed by atoms with Gasteiger partial charge in [0.2, 0.25) is 0 Å². The average Bonchev–Trinajstić information content (AvgIpc) is 3.42. The zero-order valence-electron chi connectivity index (χ0n) is 16.7. The molecule has 0 saturated carbocycles. The molecule has 154 valence electrons. The molecule has 1 aliphatic heterocycles. The van der Waals surface area contributed by atoms with Crippen molar-refractivity contribution in [2.45, 2.75) is 32.1 Å². The Morgan fingerprint density at radius 3 is 2.97 bits per heavy atom. The second kappa shape index (κ2) is 7.49. The molecule has 0 aromatic carbocycles. The molecule has 0 bridgehead atoms. The van der Waals surface area contributed by atoms with E-state index in [1.165, 1.54) is 0 Å². The van der Waals surface area contributed by atoms with E-state index in [9.17, 15) is 4.39 Å². The maximum absolute atomic E-state index is 13.7. The minimum Gasteiger partial charge on any atom is -0.355 e. The Morgan fingerprint density at radius 2 is 2.17 bits per heavy atom. The van der Waals surface area contributed by atoms with Gasteiger partial charge in [0, 0.05) is 36.8 Å². The van der Waals surface area contributed by atoms with Crippen molar-refractivity contribution in [3.05, 3.63) is 42.9 Å². The van der Waals surface area contributed by atoms with Gasteiger partial charge >= 0.3 is 0 Å². The zero-order valence-corrected chi connectivity index (χ0v) is 16.7. The summed E-state index contributed by atoms with van der Waals surface area (Å²) in [5.41, 5.74) is 10.0. The van der Waals surface area contributed by atoms with E-state index in [4.69, 9.17) is 10.7 Å². The van der Waals surface area contributed by atoms with Gasteiger partial charge in [-0.1, -0.05) is 6.07 Å². The predicted octanol–water partition coefficient (Wildman–Crippen LogP) is 2.78. The van der Waals surface area contributed by atoms with Crippen LogP contribution in [0.3, 0.4) is 0 Å². The molecule has 5 rings (SSSR count). The molecule has 8 nitrogen and oxygen atoms in total. The average molecular weight is 406 g/mol. The van der Waals surface area contributed by atoms with Crippen molar-refractivity contribution in [3.8, 4) is 22.6 Å². The predicted molar refractivity (Wildman–Crippen MR) is 114 cm³/mol. The minimum atomic E-state index is -0.956. The number of aryl methyl sites for hydroxylation is 1. The Bertz CT molecular complexity index is 1180. The third-order valence-corrected chi connectivity index (χ3v) is 5.57. The Hall–Kier alpha value is -3.33. The van der Waals surface area contributed by atoms with Gasteiger partial charge in [-0.2, -0.15) is 10.2 Å². The Labute approximate surface area is 172 Å². The normalized spacial score (nSPS) is 19.5. The van der Waals surface area contributed by atoms with E-state index in [2.05, 4.69) is 20.3 Å². The lowest BCUT2D eigenvalue weighted by atomic mass is 10.0. The lowest BCUT2D eigenvalue weighted by Gasteiger charge is -2.34. The second-order valence-corrected chi connectivity index (χ2v) is 7.57. The highest BCUT2D eigenvalue weighted by Crippen LogP contribution is 2.29. The van der Waals surface area contributed by atoms with Gasteiger partial charge in [0.25, 0.3) is 0 Å². The number of rotatable bonds is 4. The fraction of sp³-hybridized carbons (Fsp3) is 0.333. The standard InChI is InChI=1S/C21H23FN8/c1-2-30-11-13(9-25-30)18-8-14-19(10-24-18)27-28-21(14)17-4-3-5-20(26-17)29-7-6-15(22)16(23)12-29/h3-5,8-11,15-16H,2,6-7,12,23H2,1H3,(H,27,28)/t15-,16+/m1/s1. The molecule has 5 heterocycles. The summed E-state index contributed by atoms with van der Waals surface area (Å²) in [6.07, 6.45) is 5.03. The maximum atomic E-state index is 13.7. The summed E-state index contributed by atoms with van der Waals surface area (Å²) in [5, 5.41) is 12.8. The summed E-state index contributed by atoms with van der Waals surface area (Å²) in [6, 6.07) is 7.31. The summed E-state index contributed by atoms with van der Waals surface area (Å²) < 4.78 is 15.6. The second-order valence-electron chi connectivity index (χ2n) is 7.57. The van der Waals surface area contributed by atoms with Gasteiger partial charge in [0.15, 0.2) is 0 Å². The number of nitrogens with one attached hydrogen (secondary N) is 1. The number of nitrogens with zero attached hydrogens (tertiary/aromatic N) is 6. The van der Waals surface area contributed by atoms with Crippen molar-refractivity contribution >= 4 is 16.7 Å². The number of piperidine rings is 1. The highest BCUT2D eigenvalue weighted by Gasteiger charge is 2.27. The SMILES string of the molecule is CCn1cc(-c2cc3c(-c4cccc(N5CC[C@@H](F)[C@@H](N)C5)n4)n[nH]c3cn2)cn1. The number of hydrogen-bond donors (Lipinski definition) is 2. The van der Waals surface area contributed by atoms with Crippen LogP contribution < -0.4 is 10.6 Å². The van der Waals surface area contributed by atoms with Crippen LogP contribution in [0.15, 0.2) is 42.9 Å². The molecule has 1 fully saturated rings. The van der Waals surface area contributed by atoms with Crippen LogP contribution in [-0.2, 0) is 6.54 Å². The molecule has 9 heteroatoms. The Morgan fingerprint density at radius 1 is 1.27 bits per heavy atom. The van der Waals surface area contributed by atoms with E-state index in [-0.39, 0.29) is 0 Å². The molecule has 1 saturated heterocycles. The van der Waals surface area contributed by atoms with Crippen LogP contribution >= 0.6 is 0 Å². The van der Waals surface area contributed by atoms with E-state index in [0.29, 0.717) is 19.5 Å². The first-order valence-corrected chi connectivity index (χ1v) is 10.1. The lowest BCUT2D eigenvalue weighted by molar-refractivity contribution is 0.244. The number of aromatic nitrogens is 6. The molecule has 2 atom stereocenters. The first kappa shape index (κ1) is 18.7. The highest BCUT2D eigenvalue weighted by atomic mass is 19.1. The van der Waals surface area contributed by atoms with Crippen LogP contribution in [0.1, 0.15) is 13.3 Å². The number of pyridine rings is 2. The molecule has 3 N–H and O–H groups in total. The van der Waals surface area contributed by atoms with Crippen molar-refractivity contribution in [2.24, 2.45) is 5.73 Å². The highest BCUT2D eigenvalue weighted by molar-refractivity contribution is 5.93. The number of alkyl halides is 1. The summed E-state index contributed by atoms with van der Waals surface area (Å²) in [5.74, 6) is 0.782. The summed E-state index contributed by atoms with van der Waals surface area (Å²) in [6.45, 7) is 3.90. The van der Waals surface area contributed by atoms with E-state index in [1.807, 2.05) is 53.2 Å². The van der Waals surface area contributed by atoms with Gasteiger partial charge in [-0.15, -0.1) is 0 Å². The van der Waals surface area contributed by atoms with Crippen LogP contribution in [-0.4, -0.2) is 55.2 Å². The quantitative estimate of drug-likeness (QED) is 0.540. The van der Waals surface area contributed by atoms with Crippen LogP contribution in [0.2, 0.25) is 0 Å². The van der Waals surface area contributed by atoms with Gasteiger partial charge in [-0.3, -0.25) is 14.8 Å². The summed E-state index contributed by atoms with van der Waals surface area (Å²) in [7, 11) is 0. The van der Waals surface area contributed by atoms with Gasteiger partial charge in [0.1, 0.15) is 17.7 Å². The number of nitrogens with two attached hydrogens (primary N) is 1. The summed E-state index contributed by atoms with van der Waals surface area (Å²) >= 11 is 0. The number of fused-ring (bicyclic) bond motifs is 1. The molecular weight excluding hydrogens is 383 g/mol. The number of H-pyrrole nitrogens is 1. The molecule has 4 aromatic heterocycles. The number of hydrogen-bond acceptors (Lipinski definition) is 6. The van der Waals surface area contributed by atoms with Crippen LogP contribution in [0, 0.1) is 0 Å². The van der Waals surface area contributed by atoms with Crippen molar-refractivity contribution in [1.82, 2.24) is 29.9 Å². The smallest absolute Gasteiger partial charge is 0.129 e. The molecule has 0 spiro atoms. The minimum absolute atomic E-state index is 0.416. The third-order valence-electron chi connectivity index (χ3n) is 5.57. The molecule has 0 amide bonds. The summed E-state index contributed by atoms with van der Waals surface area (Å²) in [4.78, 5) is 11.4. The van der Waals surface area contributed by atoms with Crippen molar-refractivity contribution in [2.75, 3.05) is 18.0 Å². The molecule has 1 aliphatic rings. The molecule has 4 aromatic rings. The number of anilines is 1. The zero-order chi connectivity index (χ0) is 20.7. The number of aromatic amines is 1. The fourth-order valence-corrected chi connectivity index (χ4v) is 3.83. The Kier molecular flexibility index (Phi) is 4.66. The van der Waals surface area contributed by atoms with Gasteiger partial charge in [-0.05, 0) is 31.5 Å². The maximum Gasteiger partial charge on any atom is 0.129 e. The van der Waals surface area contributed by atoms with Crippen molar-refractivity contribution < 1.29 is 4.39 Å².